The number of nitrogens with zero attached hydrogens (tertiary/aromatic N) is 2. The molecular weight excluding hydrogens is 380 g/mol. The largest absolute Gasteiger partial charge is 0.483 e. The van der Waals surface area contributed by atoms with Crippen LogP contribution in [0.4, 0.5) is 5.69 Å². The molecule has 3 rings (SSSR count). The third-order valence-electron chi connectivity index (χ3n) is 5.87. The number of aryl methyl sites for hydroxylation is 1. The van der Waals surface area contributed by atoms with Gasteiger partial charge < -0.3 is 19.6 Å². The number of hydrogen-bond acceptors (Lipinski definition) is 4. The molecule has 2 aromatic rings. The molecule has 0 aromatic heterocycles. The van der Waals surface area contributed by atoms with Gasteiger partial charge in [0.15, 0.2) is 6.61 Å². The maximum Gasteiger partial charge on any atom is 0.306 e. The number of carboxylic acids is 1. The van der Waals surface area contributed by atoms with Crippen molar-refractivity contribution in [2.75, 3.05) is 31.6 Å². The summed E-state index contributed by atoms with van der Waals surface area (Å²) in [5, 5.41) is 9.17. The summed E-state index contributed by atoms with van der Waals surface area (Å²) in [7, 11) is 1.78. The van der Waals surface area contributed by atoms with Gasteiger partial charge in [-0.05, 0) is 61.6 Å². The number of ether oxygens (including phenoxy) is 1. The zero-order valence-electron chi connectivity index (χ0n) is 17.9. The molecule has 0 bridgehead atoms. The van der Waals surface area contributed by atoms with Gasteiger partial charge in [0.2, 0.25) is 0 Å². The summed E-state index contributed by atoms with van der Waals surface area (Å²) in [6, 6.07) is 13.9. The van der Waals surface area contributed by atoms with E-state index in [0.717, 1.165) is 41.2 Å². The van der Waals surface area contributed by atoms with E-state index in [9.17, 15) is 9.59 Å². The van der Waals surface area contributed by atoms with Gasteiger partial charge in [0.05, 0.1) is 5.92 Å². The van der Waals surface area contributed by atoms with Gasteiger partial charge in [-0.15, -0.1) is 0 Å². The molecule has 6 heteroatoms. The minimum atomic E-state index is -0.702. The fourth-order valence-corrected chi connectivity index (χ4v) is 3.73. The van der Waals surface area contributed by atoms with Crippen molar-refractivity contribution in [3.8, 4) is 5.75 Å². The molecule has 1 aliphatic rings. The summed E-state index contributed by atoms with van der Waals surface area (Å²) in [4.78, 5) is 27.6. The Kier molecular flexibility index (Phi) is 6.98. The lowest BCUT2D eigenvalue weighted by Crippen LogP contribution is -2.36. The predicted molar refractivity (Wildman–Crippen MR) is 117 cm³/mol. The first-order chi connectivity index (χ1) is 14.3. The zero-order chi connectivity index (χ0) is 21.7. The minimum Gasteiger partial charge on any atom is -0.483 e. The van der Waals surface area contributed by atoms with Gasteiger partial charge in [0.25, 0.3) is 5.91 Å². The average Bonchev–Trinajstić information content (AvgIpc) is 2.74. The Hall–Kier alpha value is -3.02. The number of likely N-dealkylation sites (N-methyl/N-ethyl adjacent to an activating group) is 1. The van der Waals surface area contributed by atoms with Crippen LogP contribution < -0.4 is 9.64 Å². The maximum atomic E-state index is 12.5. The Morgan fingerprint density at radius 1 is 1.13 bits per heavy atom. The highest BCUT2D eigenvalue weighted by Gasteiger charge is 2.24. The second kappa shape index (κ2) is 9.65. The topological polar surface area (TPSA) is 70.1 Å². The van der Waals surface area contributed by atoms with Gasteiger partial charge in [0.1, 0.15) is 5.75 Å². The van der Waals surface area contributed by atoms with Crippen LogP contribution in [-0.2, 0) is 16.1 Å². The number of piperidine rings is 1. The number of carbonyl (C=O) groups excluding carboxylic acids is 1. The van der Waals surface area contributed by atoms with Crippen LogP contribution in [0.15, 0.2) is 42.5 Å². The second-order valence-corrected chi connectivity index (χ2v) is 8.01. The van der Waals surface area contributed by atoms with E-state index in [4.69, 9.17) is 9.84 Å². The van der Waals surface area contributed by atoms with Crippen LogP contribution in [0.25, 0.3) is 0 Å². The fourth-order valence-electron chi connectivity index (χ4n) is 3.73. The van der Waals surface area contributed by atoms with Crippen LogP contribution in [0.2, 0.25) is 0 Å². The second-order valence-electron chi connectivity index (χ2n) is 8.01. The highest BCUT2D eigenvalue weighted by Crippen LogP contribution is 2.25. The molecule has 2 aromatic carbocycles. The number of carbonyl (C=O) groups is 2. The van der Waals surface area contributed by atoms with E-state index < -0.39 is 5.97 Å². The van der Waals surface area contributed by atoms with Gasteiger partial charge in [0, 0.05) is 32.4 Å². The third-order valence-corrected chi connectivity index (χ3v) is 5.87. The Labute approximate surface area is 178 Å². The summed E-state index contributed by atoms with van der Waals surface area (Å²) >= 11 is 0. The van der Waals surface area contributed by atoms with Gasteiger partial charge >= 0.3 is 5.97 Å². The Bertz CT molecular complexity index is 904. The molecular formula is C24H30N2O4. The number of rotatable bonds is 7. The summed E-state index contributed by atoms with van der Waals surface area (Å²) in [6.07, 6.45) is 1.32. The zero-order valence-corrected chi connectivity index (χ0v) is 17.9. The van der Waals surface area contributed by atoms with Crippen molar-refractivity contribution in [1.82, 2.24) is 4.90 Å². The molecule has 0 radical (unpaired) electrons. The smallest absolute Gasteiger partial charge is 0.306 e. The molecule has 1 amide bonds. The van der Waals surface area contributed by atoms with E-state index in [1.54, 1.807) is 11.9 Å². The SMILES string of the molecule is Cc1cccc(OCC(=O)N(C)Cc2cccc(N3CCC(C(=O)O)CC3)c2)c1C. The predicted octanol–water partition coefficient (Wildman–Crippen LogP) is 3.64. The summed E-state index contributed by atoms with van der Waals surface area (Å²) < 4.78 is 5.74. The van der Waals surface area contributed by atoms with Crippen LogP contribution >= 0.6 is 0 Å². The number of amides is 1. The normalized spacial score (nSPS) is 14.4. The van der Waals surface area contributed by atoms with Gasteiger partial charge in [-0.25, -0.2) is 0 Å². The summed E-state index contributed by atoms with van der Waals surface area (Å²) in [5.41, 5.74) is 4.30. The van der Waals surface area contributed by atoms with Crippen LogP contribution in [0.1, 0.15) is 29.5 Å². The van der Waals surface area contributed by atoms with E-state index in [-0.39, 0.29) is 18.4 Å². The molecule has 1 N–H and O–H groups in total. The van der Waals surface area contributed by atoms with Crippen LogP contribution in [0, 0.1) is 19.8 Å². The molecule has 0 saturated carbocycles. The molecule has 1 fully saturated rings. The number of anilines is 1. The molecule has 0 spiro atoms. The minimum absolute atomic E-state index is 0.00316. The van der Waals surface area contributed by atoms with E-state index in [1.165, 1.54) is 0 Å². The van der Waals surface area contributed by atoms with E-state index >= 15 is 0 Å². The number of hydrogen-bond donors (Lipinski definition) is 1. The molecule has 1 saturated heterocycles. The standard InChI is InChI=1S/C24H30N2O4/c1-17-6-4-9-22(18(17)2)30-16-23(27)25(3)15-19-7-5-8-21(14-19)26-12-10-20(11-13-26)24(28)29/h4-9,14,20H,10-13,15-16H2,1-3H3,(H,28,29). The lowest BCUT2D eigenvalue weighted by molar-refractivity contribution is -0.142. The number of aliphatic carboxylic acids is 1. The van der Waals surface area contributed by atoms with E-state index in [2.05, 4.69) is 11.0 Å². The molecule has 6 nitrogen and oxygen atoms in total. The highest BCUT2D eigenvalue weighted by molar-refractivity contribution is 5.77. The molecule has 160 valence electrons. The van der Waals surface area contributed by atoms with Crippen LogP contribution in [-0.4, -0.2) is 48.6 Å². The van der Waals surface area contributed by atoms with Crippen molar-refractivity contribution in [1.29, 1.82) is 0 Å². The lowest BCUT2D eigenvalue weighted by atomic mass is 9.96. The van der Waals surface area contributed by atoms with Gasteiger partial charge in [-0.1, -0.05) is 24.3 Å². The monoisotopic (exact) mass is 410 g/mol. The lowest BCUT2D eigenvalue weighted by Gasteiger charge is -2.32. The molecule has 0 unspecified atom stereocenters. The number of benzene rings is 2. The molecule has 30 heavy (non-hydrogen) atoms. The molecule has 0 atom stereocenters. The first kappa shape index (κ1) is 21.7. The quantitative estimate of drug-likeness (QED) is 0.755. The van der Waals surface area contributed by atoms with Crippen LogP contribution in [0.5, 0.6) is 5.75 Å². The molecule has 1 heterocycles. The first-order valence-electron chi connectivity index (χ1n) is 10.3. The fraction of sp³-hybridized carbons (Fsp3) is 0.417. The maximum absolute atomic E-state index is 12.5. The van der Waals surface area contributed by atoms with Crippen molar-refractivity contribution < 1.29 is 19.4 Å². The Balaban J connectivity index is 1.55. The van der Waals surface area contributed by atoms with Crippen molar-refractivity contribution in [2.24, 2.45) is 5.92 Å². The van der Waals surface area contributed by atoms with Crippen molar-refractivity contribution >= 4 is 17.6 Å². The Morgan fingerprint density at radius 2 is 1.83 bits per heavy atom. The molecule has 1 aliphatic heterocycles. The number of carboxylic acid groups (broad SMARTS) is 1. The van der Waals surface area contributed by atoms with Gasteiger partial charge in [-0.3, -0.25) is 9.59 Å². The van der Waals surface area contributed by atoms with Crippen molar-refractivity contribution in [3.63, 3.8) is 0 Å². The van der Waals surface area contributed by atoms with Crippen molar-refractivity contribution in [3.05, 3.63) is 59.2 Å². The third kappa shape index (κ3) is 5.32. The summed E-state index contributed by atoms with van der Waals surface area (Å²) in [6.45, 7) is 5.98. The van der Waals surface area contributed by atoms with Crippen LogP contribution in [0.3, 0.4) is 0 Å². The van der Waals surface area contributed by atoms with Crippen molar-refractivity contribution in [2.45, 2.75) is 33.2 Å². The Morgan fingerprint density at radius 3 is 2.53 bits per heavy atom. The molecule has 0 aliphatic carbocycles. The van der Waals surface area contributed by atoms with E-state index in [1.807, 2.05) is 50.2 Å². The highest BCUT2D eigenvalue weighted by atomic mass is 16.5. The summed E-state index contributed by atoms with van der Waals surface area (Å²) in [5.74, 6) is -0.288. The van der Waals surface area contributed by atoms with E-state index in [0.29, 0.717) is 19.4 Å². The average molecular weight is 411 g/mol. The van der Waals surface area contributed by atoms with Gasteiger partial charge in [-0.2, -0.15) is 0 Å². The first-order valence-corrected chi connectivity index (χ1v) is 10.3.